The lowest BCUT2D eigenvalue weighted by molar-refractivity contribution is 0.130. The third-order valence-electron chi connectivity index (χ3n) is 3.92. The largest absolute Gasteiger partial charge is 0.447 e. The zero-order valence-corrected chi connectivity index (χ0v) is 13.7. The molecule has 0 aliphatic carbocycles. The van der Waals surface area contributed by atoms with Gasteiger partial charge in [-0.15, -0.1) is 0 Å². The average Bonchev–Trinajstić information content (AvgIpc) is 2.91. The van der Waals surface area contributed by atoms with Crippen molar-refractivity contribution >= 4 is 17.7 Å². The monoisotopic (exact) mass is 330 g/mol. The number of carbonyl (C=O) groups excluding carboxylic acids is 1. The van der Waals surface area contributed by atoms with E-state index in [1.807, 2.05) is 61.6 Å². The number of hydrogen-bond donors (Lipinski definition) is 0. The summed E-state index contributed by atoms with van der Waals surface area (Å²) in [6.07, 6.45) is -0.262. The minimum absolute atomic E-state index is 0.0311. The fraction of sp³-hybridized carbons (Fsp3) is 0.278. The Balaban J connectivity index is 1.67. The lowest BCUT2D eigenvalue weighted by Gasteiger charge is -2.27. The molecule has 4 nitrogen and oxygen atoms in total. The Labute approximate surface area is 141 Å². The minimum Gasteiger partial charge on any atom is -0.447 e. The van der Waals surface area contributed by atoms with Crippen LogP contribution in [0.1, 0.15) is 17.2 Å². The quantitative estimate of drug-likeness (QED) is 0.833. The van der Waals surface area contributed by atoms with Gasteiger partial charge in [-0.25, -0.2) is 4.79 Å². The molecule has 3 rings (SSSR count). The van der Waals surface area contributed by atoms with Gasteiger partial charge in [-0.05, 0) is 30.3 Å². The van der Waals surface area contributed by atoms with E-state index in [2.05, 4.69) is 4.90 Å². The number of halogens is 1. The number of amides is 1. The summed E-state index contributed by atoms with van der Waals surface area (Å²) in [4.78, 5) is 15.9. The van der Waals surface area contributed by atoms with E-state index in [1.165, 1.54) is 0 Å². The maximum absolute atomic E-state index is 12.1. The second-order valence-electron chi connectivity index (χ2n) is 5.76. The highest BCUT2D eigenvalue weighted by Gasteiger charge is 2.34. The minimum atomic E-state index is -0.262. The number of benzene rings is 2. The number of carbonyl (C=O) groups is 1. The van der Waals surface area contributed by atoms with Crippen molar-refractivity contribution in [3.63, 3.8) is 0 Å². The van der Waals surface area contributed by atoms with Crippen LogP contribution >= 0.6 is 11.6 Å². The lowest BCUT2D eigenvalue weighted by Crippen LogP contribution is -2.37. The Bertz CT molecular complexity index is 660. The molecule has 0 radical (unpaired) electrons. The van der Waals surface area contributed by atoms with Crippen molar-refractivity contribution in [3.8, 4) is 0 Å². The van der Waals surface area contributed by atoms with Gasteiger partial charge in [0, 0.05) is 11.6 Å². The van der Waals surface area contributed by atoms with Gasteiger partial charge < -0.3 is 4.74 Å². The van der Waals surface area contributed by atoms with Crippen LogP contribution in [-0.4, -0.2) is 36.2 Å². The Morgan fingerprint density at radius 2 is 1.87 bits per heavy atom. The van der Waals surface area contributed by atoms with Crippen molar-refractivity contribution in [3.05, 3.63) is 70.7 Å². The molecule has 1 aliphatic heterocycles. The predicted octanol–water partition coefficient (Wildman–Crippen LogP) is 3.92. The molecular weight excluding hydrogens is 312 g/mol. The first-order chi connectivity index (χ1) is 11.1. The van der Waals surface area contributed by atoms with Gasteiger partial charge in [-0.1, -0.05) is 54.1 Å². The van der Waals surface area contributed by atoms with Gasteiger partial charge >= 0.3 is 6.09 Å². The molecule has 0 spiro atoms. The molecular formula is C18H19ClN2O2. The molecule has 1 aliphatic rings. The van der Waals surface area contributed by atoms with Gasteiger partial charge in [0.1, 0.15) is 6.61 Å². The topological polar surface area (TPSA) is 32.8 Å². The van der Waals surface area contributed by atoms with Crippen molar-refractivity contribution in [2.75, 3.05) is 20.3 Å². The second-order valence-corrected chi connectivity index (χ2v) is 6.19. The summed E-state index contributed by atoms with van der Waals surface area (Å²) >= 11 is 5.91. The summed E-state index contributed by atoms with van der Waals surface area (Å²) in [6, 6.07) is 17.7. The van der Waals surface area contributed by atoms with Crippen molar-refractivity contribution in [2.45, 2.75) is 12.6 Å². The van der Waals surface area contributed by atoms with Gasteiger partial charge in [0.25, 0.3) is 0 Å². The molecule has 0 unspecified atom stereocenters. The fourth-order valence-corrected chi connectivity index (χ4v) is 2.90. The van der Waals surface area contributed by atoms with Gasteiger partial charge in [-0.2, -0.15) is 0 Å². The van der Waals surface area contributed by atoms with Crippen LogP contribution in [0.5, 0.6) is 0 Å². The Kier molecular flexibility index (Phi) is 4.84. The van der Waals surface area contributed by atoms with Crippen LogP contribution in [-0.2, 0) is 11.3 Å². The van der Waals surface area contributed by atoms with Crippen molar-refractivity contribution in [1.29, 1.82) is 0 Å². The first-order valence-corrected chi connectivity index (χ1v) is 7.92. The van der Waals surface area contributed by atoms with Gasteiger partial charge in [0.05, 0.1) is 12.7 Å². The molecule has 2 aromatic carbocycles. The standard InChI is InChI=1S/C18H19ClN2O2/c1-20(11-14-7-9-16(19)10-8-14)13-21-17(12-23-18(21)22)15-5-3-2-4-6-15/h2-10,17H,11-13H2,1H3/t17-/m0/s1. The molecule has 120 valence electrons. The maximum Gasteiger partial charge on any atom is 0.411 e. The van der Waals surface area contributed by atoms with E-state index in [0.717, 1.165) is 22.7 Å². The molecule has 1 fully saturated rings. The third-order valence-corrected chi connectivity index (χ3v) is 4.17. The van der Waals surface area contributed by atoms with Crippen LogP contribution in [0.2, 0.25) is 5.02 Å². The molecule has 0 N–H and O–H groups in total. The van der Waals surface area contributed by atoms with E-state index in [4.69, 9.17) is 16.3 Å². The molecule has 2 aromatic rings. The second kappa shape index (κ2) is 7.02. The molecule has 0 saturated carbocycles. The maximum atomic E-state index is 12.1. The van der Waals surface area contributed by atoms with Crippen LogP contribution in [0, 0.1) is 0 Å². The summed E-state index contributed by atoms with van der Waals surface area (Å²) in [5.74, 6) is 0. The molecule has 1 saturated heterocycles. The normalized spacial score (nSPS) is 17.6. The third kappa shape index (κ3) is 3.84. The molecule has 5 heteroatoms. The van der Waals surface area contributed by atoms with Gasteiger partial charge in [-0.3, -0.25) is 9.80 Å². The fourth-order valence-electron chi connectivity index (χ4n) is 2.77. The number of ether oxygens (including phenoxy) is 1. The zero-order chi connectivity index (χ0) is 16.2. The molecule has 23 heavy (non-hydrogen) atoms. The van der Waals surface area contributed by atoms with Crippen molar-refractivity contribution < 1.29 is 9.53 Å². The Hall–Kier alpha value is -2.04. The molecule has 1 heterocycles. The first kappa shape index (κ1) is 15.8. The zero-order valence-electron chi connectivity index (χ0n) is 13.0. The number of cyclic esters (lactones) is 1. The molecule has 0 aromatic heterocycles. The van der Waals surface area contributed by atoms with Gasteiger partial charge in [0.15, 0.2) is 0 Å². The van der Waals surface area contributed by atoms with E-state index in [-0.39, 0.29) is 12.1 Å². The first-order valence-electron chi connectivity index (χ1n) is 7.55. The van der Waals surface area contributed by atoms with Crippen LogP contribution < -0.4 is 0 Å². The molecule has 1 atom stereocenters. The highest BCUT2D eigenvalue weighted by atomic mass is 35.5. The van der Waals surface area contributed by atoms with Crippen LogP contribution in [0.3, 0.4) is 0 Å². The Morgan fingerprint density at radius 1 is 1.17 bits per heavy atom. The summed E-state index contributed by atoms with van der Waals surface area (Å²) in [6.45, 7) is 1.65. The number of hydrogen-bond acceptors (Lipinski definition) is 3. The van der Waals surface area contributed by atoms with E-state index >= 15 is 0 Å². The average molecular weight is 331 g/mol. The van der Waals surface area contributed by atoms with Crippen LogP contribution in [0.4, 0.5) is 4.79 Å². The smallest absolute Gasteiger partial charge is 0.411 e. The van der Waals surface area contributed by atoms with E-state index in [0.29, 0.717) is 13.3 Å². The van der Waals surface area contributed by atoms with Crippen LogP contribution in [0.15, 0.2) is 54.6 Å². The highest BCUT2D eigenvalue weighted by Crippen LogP contribution is 2.27. The summed E-state index contributed by atoms with van der Waals surface area (Å²) in [7, 11) is 1.99. The van der Waals surface area contributed by atoms with E-state index < -0.39 is 0 Å². The molecule has 0 bridgehead atoms. The van der Waals surface area contributed by atoms with E-state index in [9.17, 15) is 4.79 Å². The number of nitrogens with zero attached hydrogens (tertiary/aromatic N) is 2. The van der Waals surface area contributed by atoms with Gasteiger partial charge in [0.2, 0.25) is 0 Å². The SMILES string of the molecule is CN(Cc1ccc(Cl)cc1)CN1C(=O)OC[C@H]1c1ccccc1. The lowest BCUT2D eigenvalue weighted by atomic mass is 10.1. The summed E-state index contributed by atoms with van der Waals surface area (Å²) < 4.78 is 5.24. The van der Waals surface area contributed by atoms with Crippen LogP contribution in [0.25, 0.3) is 0 Å². The summed E-state index contributed by atoms with van der Waals surface area (Å²) in [5.41, 5.74) is 2.25. The molecule has 1 amide bonds. The number of rotatable bonds is 5. The van der Waals surface area contributed by atoms with Crippen molar-refractivity contribution in [1.82, 2.24) is 9.80 Å². The summed E-state index contributed by atoms with van der Waals surface area (Å²) in [5, 5.41) is 0.726. The predicted molar refractivity (Wildman–Crippen MR) is 90.2 cm³/mol. The Morgan fingerprint density at radius 3 is 2.57 bits per heavy atom. The van der Waals surface area contributed by atoms with Crippen molar-refractivity contribution in [2.24, 2.45) is 0 Å². The van der Waals surface area contributed by atoms with E-state index in [1.54, 1.807) is 4.90 Å². The highest BCUT2D eigenvalue weighted by molar-refractivity contribution is 6.30.